The zero-order valence-corrected chi connectivity index (χ0v) is 15.3. The molecule has 2 amide bonds. The highest BCUT2D eigenvalue weighted by atomic mass is 32.1. The average Bonchev–Trinajstić information content (AvgIpc) is 3.29. The van der Waals surface area contributed by atoms with Crippen LogP contribution in [0.2, 0.25) is 0 Å². The molecular formula is C19H20N4O2S. The van der Waals surface area contributed by atoms with Crippen molar-refractivity contribution in [2.75, 3.05) is 13.6 Å². The Morgan fingerprint density at radius 3 is 3.00 bits per heavy atom. The molecule has 134 valence electrons. The Morgan fingerprint density at radius 1 is 1.31 bits per heavy atom. The highest BCUT2D eigenvalue weighted by Crippen LogP contribution is 2.28. The second-order valence-corrected chi connectivity index (χ2v) is 7.42. The predicted octanol–water partition coefficient (Wildman–Crippen LogP) is 2.36. The molecule has 0 saturated carbocycles. The summed E-state index contributed by atoms with van der Waals surface area (Å²) in [4.78, 5) is 26.6. The minimum atomic E-state index is -0.128. The molecule has 1 aliphatic heterocycles. The Balaban J connectivity index is 1.54. The summed E-state index contributed by atoms with van der Waals surface area (Å²) in [5, 5.41) is 10.2. The highest BCUT2D eigenvalue weighted by Gasteiger charge is 2.30. The molecule has 0 bridgehead atoms. The van der Waals surface area contributed by atoms with Gasteiger partial charge in [-0.3, -0.25) is 14.3 Å². The third-order valence-corrected chi connectivity index (χ3v) is 5.85. The molecule has 2 aromatic heterocycles. The lowest BCUT2D eigenvalue weighted by Crippen LogP contribution is -2.43. The number of hydrogen-bond donors (Lipinski definition) is 1. The molecule has 3 aromatic rings. The van der Waals surface area contributed by atoms with Gasteiger partial charge < -0.3 is 10.2 Å². The van der Waals surface area contributed by atoms with Crippen molar-refractivity contribution in [2.24, 2.45) is 0 Å². The fourth-order valence-electron chi connectivity index (χ4n) is 3.49. The van der Waals surface area contributed by atoms with Crippen LogP contribution in [0.15, 0.2) is 41.9 Å². The topological polar surface area (TPSA) is 67.2 Å². The monoisotopic (exact) mass is 368 g/mol. The molecule has 0 fully saturated rings. The summed E-state index contributed by atoms with van der Waals surface area (Å²) in [5.74, 6) is 0.0393. The van der Waals surface area contributed by atoms with E-state index >= 15 is 0 Å². The summed E-state index contributed by atoms with van der Waals surface area (Å²) in [6, 6.07) is 9.94. The molecule has 1 aliphatic rings. The summed E-state index contributed by atoms with van der Waals surface area (Å²) in [5.41, 5.74) is 2.03. The molecule has 4 rings (SSSR count). The third kappa shape index (κ3) is 3.10. The van der Waals surface area contributed by atoms with E-state index in [0.29, 0.717) is 25.9 Å². The van der Waals surface area contributed by atoms with Crippen LogP contribution in [0.25, 0.3) is 10.1 Å². The fourth-order valence-corrected chi connectivity index (χ4v) is 4.45. The molecule has 0 unspecified atom stereocenters. The number of carbonyl (C=O) groups excluding carboxylic acids is 2. The fraction of sp³-hybridized carbons (Fsp3) is 0.316. The van der Waals surface area contributed by atoms with Gasteiger partial charge in [-0.2, -0.15) is 5.10 Å². The summed E-state index contributed by atoms with van der Waals surface area (Å²) in [6.45, 7) is 1.04. The van der Waals surface area contributed by atoms with Crippen molar-refractivity contribution in [1.29, 1.82) is 0 Å². The van der Waals surface area contributed by atoms with E-state index in [1.807, 2.05) is 27.8 Å². The molecule has 1 N–H and O–H groups in total. The van der Waals surface area contributed by atoms with E-state index in [1.54, 1.807) is 24.6 Å². The van der Waals surface area contributed by atoms with Crippen molar-refractivity contribution in [3.05, 3.63) is 53.2 Å². The van der Waals surface area contributed by atoms with E-state index < -0.39 is 0 Å². The van der Waals surface area contributed by atoms with E-state index in [1.165, 1.54) is 4.70 Å². The summed E-state index contributed by atoms with van der Waals surface area (Å²) >= 11 is 1.67. The number of thiophene rings is 1. The number of rotatable bonds is 4. The number of aromatic nitrogens is 2. The standard InChI is InChI=1S/C19H20N4O2S/c1-20-18(24)9-15-11-22(10-14-6-7-21-23(14)15)19(25)8-13-12-26-17-5-3-2-4-16(13)17/h2-7,12,15H,8-11H2,1H3,(H,20,24)/t15-/m1/s1. The van der Waals surface area contributed by atoms with Gasteiger partial charge in [0.2, 0.25) is 11.8 Å². The summed E-state index contributed by atoms with van der Waals surface area (Å²) in [7, 11) is 1.62. The molecule has 1 atom stereocenters. The number of nitrogens with one attached hydrogen (secondary N) is 1. The van der Waals surface area contributed by atoms with Gasteiger partial charge in [0.1, 0.15) is 0 Å². The molecule has 26 heavy (non-hydrogen) atoms. The molecule has 7 heteroatoms. The second kappa shape index (κ2) is 6.92. The Hall–Kier alpha value is -2.67. The summed E-state index contributed by atoms with van der Waals surface area (Å²) in [6.07, 6.45) is 2.42. The van der Waals surface area contributed by atoms with Gasteiger partial charge in [-0.15, -0.1) is 11.3 Å². The van der Waals surface area contributed by atoms with Gasteiger partial charge in [-0.1, -0.05) is 18.2 Å². The number of carbonyl (C=O) groups is 2. The molecular weight excluding hydrogens is 348 g/mol. The van der Waals surface area contributed by atoms with Crippen LogP contribution in [0.5, 0.6) is 0 Å². The van der Waals surface area contributed by atoms with Crippen molar-refractivity contribution >= 4 is 33.2 Å². The third-order valence-electron chi connectivity index (χ3n) is 4.84. The van der Waals surface area contributed by atoms with E-state index in [9.17, 15) is 9.59 Å². The van der Waals surface area contributed by atoms with Crippen LogP contribution >= 0.6 is 11.3 Å². The first-order chi connectivity index (χ1) is 12.7. The van der Waals surface area contributed by atoms with Crippen molar-refractivity contribution < 1.29 is 9.59 Å². The zero-order valence-electron chi connectivity index (χ0n) is 14.5. The minimum Gasteiger partial charge on any atom is -0.359 e. The van der Waals surface area contributed by atoms with Crippen LogP contribution in [-0.4, -0.2) is 40.1 Å². The Labute approximate surface area is 155 Å². The van der Waals surface area contributed by atoms with E-state index in [4.69, 9.17) is 0 Å². The van der Waals surface area contributed by atoms with Gasteiger partial charge in [0.25, 0.3) is 0 Å². The Bertz CT molecular complexity index is 961. The van der Waals surface area contributed by atoms with Gasteiger partial charge in [-0.25, -0.2) is 0 Å². The number of nitrogens with zero attached hydrogens (tertiary/aromatic N) is 3. The number of hydrogen-bond acceptors (Lipinski definition) is 4. The van der Waals surface area contributed by atoms with E-state index in [2.05, 4.69) is 27.9 Å². The van der Waals surface area contributed by atoms with Gasteiger partial charge in [0.05, 0.1) is 31.1 Å². The molecule has 0 radical (unpaired) electrons. The van der Waals surface area contributed by atoms with Gasteiger partial charge in [0, 0.05) is 24.5 Å². The van der Waals surface area contributed by atoms with Crippen molar-refractivity contribution in [1.82, 2.24) is 20.0 Å². The number of amides is 2. The SMILES string of the molecule is CNC(=O)C[C@@H]1CN(C(=O)Cc2csc3ccccc23)Cc2ccnn21. The van der Waals surface area contributed by atoms with E-state index in [0.717, 1.165) is 16.6 Å². The van der Waals surface area contributed by atoms with Gasteiger partial charge in [0.15, 0.2) is 0 Å². The van der Waals surface area contributed by atoms with Crippen molar-refractivity contribution in [3.8, 4) is 0 Å². The normalized spacial score (nSPS) is 16.5. The Kier molecular flexibility index (Phi) is 4.46. The zero-order chi connectivity index (χ0) is 18.1. The quantitative estimate of drug-likeness (QED) is 0.769. The van der Waals surface area contributed by atoms with Crippen LogP contribution in [0.4, 0.5) is 0 Å². The molecule has 0 spiro atoms. The Morgan fingerprint density at radius 2 is 2.15 bits per heavy atom. The maximum atomic E-state index is 12.9. The largest absolute Gasteiger partial charge is 0.359 e. The average molecular weight is 368 g/mol. The van der Waals surface area contributed by atoms with Crippen molar-refractivity contribution in [2.45, 2.75) is 25.4 Å². The van der Waals surface area contributed by atoms with Crippen LogP contribution < -0.4 is 5.32 Å². The molecule has 0 aliphatic carbocycles. The maximum Gasteiger partial charge on any atom is 0.227 e. The first kappa shape index (κ1) is 16.8. The number of fused-ring (bicyclic) bond motifs is 2. The lowest BCUT2D eigenvalue weighted by atomic mass is 10.1. The van der Waals surface area contributed by atoms with Crippen LogP contribution in [-0.2, 0) is 22.6 Å². The smallest absolute Gasteiger partial charge is 0.227 e. The first-order valence-electron chi connectivity index (χ1n) is 8.61. The lowest BCUT2D eigenvalue weighted by molar-refractivity contribution is -0.133. The summed E-state index contributed by atoms with van der Waals surface area (Å²) < 4.78 is 3.07. The van der Waals surface area contributed by atoms with Gasteiger partial charge >= 0.3 is 0 Å². The number of benzene rings is 1. The highest BCUT2D eigenvalue weighted by molar-refractivity contribution is 7.17. The second-order valence-electron chi connectivity index (χ2n) is 6.51. The molecule has 0 saturated heterocycles. The van der Waals surface area contributed by atoms with Crippen molar-refractivity contribution in [3.63, 3.8) is 0 Å². The first-order valence-corrected chi connectivity index (χ1v) is 9.49. The molecule has 1 aromatic carbocycles. The minimum absolute atomic E-state index is 0.0467. The molecule has 3 heterocycles. The van der Waals surface area contributed by atoms with Crippen LogP contribution in [0.3, 0.4) is 0 Å². The van der Waals surface area contributed by atoms with Gasteiger partial charge in [-0.05, 0) is 28.5 Å². The van der Waals surface area contributed by atoms with Crippen LogP contribution in [0, 0.1) is 0 Å². The maximum absolute atomic E-state index is 12.9. The molecule has 6 nitrogen and oxygen atoms in total. The predicted molar refractivity (Wildman–Crippen MR) is 101 cm³/mol. The van der Waals surface area contributed by atoms with E-state index in [-0.39, 0.29) is 17.9 Å². The lowest BCUT2D eigenvalue weighted by Gasteiger charge is -2.33. The van der Waals surface area contributed by atoms with Crippen LogP contribution in [0.1, 0.15) is 23.7 Å².